The van der Waals surface area contributed by atoms with Crippen molar-refractivity contribution in [2.45, 2.75) is 84.8 Å². The van der Waals surface area contributed by atoms with Gasteiger partial charge in [0, 0.05) is 31.0 Å². The lowest BCUT2D eigenvalue weighted by Crippen LogP contribution is -2.70. The van der Waals surface area contributed by atoms with Crippen LogP contribution < -0.4 is 16.0 Å². The van der Waals surface area contributed by atoms with Crippen molar-refractivity contribution in [1.29, 1.82) is 0 Å². The predicted octanol–water partition coefficient (Wildman–Crippen LogP) is 6.53. The summed E-state index contributed by atoms with van der Waals surface area (Å²) in [5, 5.41) is 8.81. The van der Waals surface area contributed by atoms with Gasteiger partial charge in [0.25, 0.3) is 0 Å². The first-order chi connectivity index (χ1) is 21.5. The average Bonchev–Trinajstić information content (AvgIpc) is 2.91. The topological polar surface area (TPSA) is 126 Å². The van der Waals surface area contributed by atoms with E-state index < -0.39 is 28.1 Å². The molecule has 46 heavy (non-hydrogen) atoms. The van der Waals surface area contributed by atoms with Crippen molar-refractivity contribution in [1.82, 2.24) is 10.2 Å². The SMILES string of the molecule is CC(C)(C)OC(=O)NCCc1ccc(NC(=O)C23CC(C(=O)Nc4ccc(C5=CCN(C(=O)OC(C)(C)C)CC5)cc4)(C2)C3)cc1. The molecule has 2 aromatic carbocycles. The van der Waals surface area contributed by atoms with Gasteiger partial charge < -0.3 is 30.3 Å². The van der Waals surface area contributed by atoms with Crippen LogP contribution in [0, 0.1) is 10.8 Å². The first kappa shape index (κ1) is 33.0. The number of amides is 4. The summed E-state index contributed by atoms with van der Waals surface area (Å²) in [6, 6.07) is 15.4. The molecule has 4 aliphatic rings. The maximum absolute atomic E-state index is 13.2. The number of ether oxygens (including phenoxy) is 2. The number of nitrogens with zero attached hydrogens (tertiary/aromatic N) is 1. The molecule has 2 bridgehead atoms. The highest BCUT2D eigenvalue weighted by Crippen LogP contribution is 2.73. The summed E-state index contributed by atoms with van der Waals surface area (Å²) in [7, 11) is 0. The number of alkyl carbamates (subject to hydrolysis) is 1. The molecule has 3 N–H and O–H groups in total. The molecule has 0 spiro atoms. The van der Waals surface area contributed by atoms with Crippen LogP contribution in [0.15, 0.2) is 54.6 Å². The van der Waals surface area contributed by atoms with Gasteiger partial charge in [-0.1, -0.05) is 30.3 Å². The number of carbonyl (C=O) groups is 4. The Balaban J connectivity index is 1.04. The van der Waals surface area contributed by atoms with Gasteiger partial charge in [-0.2, -0.15) is 0 Å². The van der Waals surface area contributed by atoms with Crippen molar-refractivity contribution in [2.24, 2.45) is 10.8 Å². The Kier molecular flexibility index (Phi) is 8.94. The van der Waals surface area contributed by atoms with Crippen LogP contribution in [0.25, 0.3) is 5.57 Å². The number of benzene rings is 2. The number of hydrogen-bond acceptors (Lipinski definition) is 6. The highest BCUT2D eigenvalue weighted by Gasteiger charge is 2.74. The van der Waals surface area contributed by atoms with Crippen LogP contribution in [0.1, 0.15) is 78.4 Å². The van der Waals surface area contributed by atoms with Crippen molar-refractivity contribution in [3.8, 4) is 0 Å². The van der Waals surface area contributed by atoms with Crippen LogP contribution >= 0.6 is 0 Å². The van der Waals surface area contributed by atoms with Crippen molar-refractivity contribution in [3.05, 3.63) is 65.7 Å². The summed E-state index contributed by atoms with van der Waals surface area (Å²) in [6.07, 6.45) is 4.32. The second kappa shape index (κ2) is 12.5. The molecule has 6 rings (SSSR count). The van der Waals surface area contributed by atoms with E-state index in [0.29, 0.717) is 51.0 Å². The van der Waals surface area contributed by atoms with Crippen LogP contribution in [0.3, 0.4) is 0 Å². The van der Waals surface area contributed by atoms with E-state index in [2.05, 4.69) is 16.0 Å². The van der Waals surface area contributed by atoms with Crippen molar-refractivity contribution in [2.75, 3.05) is 30.3 Å². The van der Waals surface area contributed by atoms with Gasteiger partial charge >= 0.3 is 12.2 Å². The molecule has 3 aliphatic carbocycles. The van der Waals surface area contributed by atoms with E-state index >= 15 is 0 Å². The Hall–Kier alpha value is -4.34. The third-order valence-electron chi connectivity index (χ3n) is 8.66. The van der Waals surface area contributed by atoms with E-state index in [4.69, 9.17) is 9.47 Å². The molecule has 3 saturated carbocycles. The fraction of sp³-hybridized carbons (Fsp3) is 0.500. The zero-order chi connectivity index (χ0) is 33.3. The Bertz CT molecular complexity index is 1500. The van der Waals surface area contributed by atoms with E-state index in [1.807, 2.05) is 96.1 Å². The summed E-state index contributed by atoms with van der Waals surface area (Å²) in [5.41, 5.74) is 2.66. The molecule has 0 saturated heterocycles. The number of anilines is 2. The molecule has 4 amide bonds. The van der Waals surface area contributed by atoms with Crippen molar-refractivity contribution < 1.29 is 28.7 Å². The van der Waals surface area contributed by atoms with Gasteiger partial charge in [-0.05, 0) is 115 Å². The molecule has 0 atom stereocenters. The third kappa shape index (κ3) is 7.71. The largest absolute Gasteiger partial charge is 0.444 e. The van der Waals surface area contributed by atoms with Crippen LogP contribution in [-0.2, 0) is 25.5 Å². The Labute approximate surface area is 271 Å². The maximum Gasteiger partial charge on any atom is 0.410 e. The normalized spacial score (nSPS) is 22.0. The first-order valence-corrected chi connectivity index (χ1v) is 16.0. The molecule has 0 radical (unpaired) electrons. The Morgan fingerprint density at radius 3 is 1.76 bits per heavy atom. The standard InChI is InChI=1S/C36H46N4O6/c1-33(2,3)45-31(43)37-18-15-24-7-11-27(12-8-24)38-29(41)35-21-36(22-35,23-35)30(42)39-28-13-9-25(10-14-28)26-16-19-40(20-17-26)32(44)46-34(4,5)6/h7-14,16H,15,17-23H2,1-6H3,(H,37,43)(H,38,41)(H,39,42). The minimum absolute atomic E-state index is 0.0378. The lowest BCUT2D eigenvalue weighted by molar-refractivity contribution is -0.201. The molecule has 246 valence electrons. The van der Waals surface area contributed by atoms with Crippen LogP contribution in [-0.4, -0.2) is 59.7 Å². The lowest BCUT2D eigenvalue weighted by Gasteiger charge is -2.67. The molecule has 0 aromatic heterocycles. The Morgan fingerprint density at radius 1 is 0.761 bits per heavy atom. The van der Waals surface area contributed by atoms with Gasteiger partial charge in [0.1, 0.15) is 11.2 Å². The van der Waals surface area contributed by atoms with Gasteiger partial charge in [0.05, 0.1) is 10.8 Å². The summed E-state index contributed by atoms with van der Waals surface area (Å²) in [5.74, 6) is -0.0824. The van der Waals surface area contributed by atoms with E-state index in [1.54, 1.807) is 4.90 Å². The zero-order valence-corrected chi connectivity index (χ0v) is 27.7. The molecular weight excluding hydrogens is 584 g/mol. The van der Waals surface area contributed by atoms with Crippen molar-refractivity contribution >= 4 is 40.9 Å². The molecule has 2 aromatic rings. The van der Waals surface area contributed by atoms with Gasteiger partial charge in [-0.15, -0.1) is 0 Å². The highest BCUT2D eigenvalue weighted by molar-refractivity contribution is 6.05. The number of nitrogens with one attached hydrogen (secondary N) is 3. The maximum atomic E-state index is 13.2. The second-order valence-corrected chi connectivity index (χ2v) is 14.9. The number of hydrogen-bond donors (Lipinski definition) is 3. The molecule has 3 fully saturated rings. The summed E-state index contributed by atoms with van der Waals surface area (Å²) in [6.45, 7) is 12.6. The number of carbonyl (C=O) groups excluding carboxylic acids is 4. The van der Waals surface area contributed by atoms with Gasteiger partial charge in [0.2, 0.25) is 11.8 Å². The smallest absolute Gasteiger partial charge is 0.410 e. The van der Waals surface area contributed by atoms with Gasteiger partial charge in [-0.25, -0.2) is 9.59 Å². The van der Waals surface area contributed by atoms with E-state index in [9.17, 15) is 19.2 Å². The second-order valence-electron chi connectivity index (χ2n) is 14.9. The van der Waals surface area contributed by atoms with Gasteiger partial charge in [0.15, 0.2) is 0 Å². The van der Waals surface area contributed by atoms with E-state index in [1.165, 1.54) is 0 Å². The minimum Gasteiger partial charge on any atom is -0.444 e. The quantitative estimate of drug-likeness (QED) is 0.305. The minimum atomic E-state index is -0.537. The van der Waals surface area contributed by atoms with Crippen molar-refractivity contribution in [3.63, 3.8) is 0 Å². The lowest BCUT2D eigenvalue weighted by atomic mass is 9.34. The summed E-state index contributed by atoms with van der Waals surface area (Å²) in [4.78, 5) is 52.1. The van der Waals surface area contributed by atoms with Crippen LogP contribution in [0.2, 0.25) is 0 Å². The monoisotopic (exact) mass is 630 g/mol. The van der Waals surface area contributed by atoms with Crippen LogP contribution in [0.5, 0.6) is 0 Å². The fourth-order valence-electron chi connectivity index (χ4n) is 6.37. The van der Waals surface area contributed by atoms with Gasteiger partial charge in [-0.3, -0.25) is 9.59 Å². The molecule has 1 aliphatic heterocycles. The Morgan fingerprint density at radius 2 is 1.28 bits per heavy atom. The highest BCUT2D eigenvalue weighted by atomic mass is 16.6. The fourth-order valence-corrected chi connectivity index (χ4v) is 6.37. The van der Waals surface area contributed by atoms with E-state index in [0.717, 1.165) is 28.8 Å². The average molecular weight is 631 g/mol. The third-order valence-corrected chi connectivity index (χ3v) is 8.66. The molecule has 0 unspecified atom stereocenters. The molecule has 10 nitrogen and oxygen atoms in total. The first-order valence-electron chi connectivity index (χ1n) is 16.0. The summed E-state index contributed by atoms with van der Waals surface area (Å²) < 4.78 is 10.7. The summed E-state index contributed by atoms with van der Waals surface area (Å²) >= 11 is 0. The number of rotatable bonds is 8. The molecular formula is C36H46N4O6. The molecule has 10 heteroatoms. The zero-order valence-electron chi connectivity index (χ0n) is 27.7. The molecule has 1 heterocycles. The predicted molar refractivity (Wildman–Crippen MR) is 177 cm³/mol. The van der Waals surface area contributed by atoms with Crippen LogP contribution in [0.4, 0.5) is 21.0 Å². The van der Waals surface area contributed by atoms with E-state index in [-0.39, 0.29) is 17.9 Å².